The first-order chi connectivity index (χ1) is 25.9. The molecule has 13 heteroatoms. The number of carboxylic acids is 1. The van der Waals surface area contributed by atoms with Crippen LogP contribution in [-0.2, 0) is 10.3 Å². The van der Waals surface area contributed by atoms with Crippen LogP contribution in [0.1, 0.15) is 42.4 Å². The summed E-state index contributed by atoms with van der Waals surface area (Å²) in [5.41, 5.74) is 3.29. The predicted molar refractivity (Wildman–Crippen MR) is 201 cm³/mol. The summed E-state index contributed by atoms with van der Waals surface area (Å²) >= 11 is 7.57. The fourth-order valence-corrected chi connectivity index (χ4v) is 9.24. The third kappa shape index (κ3) is 5.55. The Balaban J connectivity index is 1.31. The summed E-state index contributed by atoms with van der Waals surface area (Å²) in [6, 6.07) is 29.9. The Hall–Kier alpha value is -5.59. The van der Waals surface area contributed by atoms with Gasteiger partial charge in [-0.2, -0.15) is 0 Å². The van der Waals surface area contributed by atoms with Gasteiger partial charge in [0.05, 0.1) is 28.8 Å². The maximum atomic E-state index is 16.7. The second kappa shape index (κ2) is 13.4. The molecule has 264 valence electrons. The zero-order valence-corrected chi connectivity index (χ0v) is 29.8. The minimum Gasteiger partial charge on any atom is -0.481 e. The summed E-state index contributed by atoms with van der Waals surface area (Å²) in [7, 11) is 0. The molecule has 2 bridgehead atoms. The van der Waals surface area contributed by atoms with Crippen LogP contribution >= 0.6 is 23.1 Å². The Morgan fingerprint density at radius 1 is 0.849 bits per heavy atom. The molecule has 2 atom stereocenters. The van der Waals surface area contributed by atoms with Crippen LogP contribution in [0.4, 0.5) is 10.2 Å². The number of rotatable bonds is 9. The molecule has 10 nitrogen and oxygen atoms in total. The number of fused-ring (bicyclic) bond motifs is 4. The van der Waals surface area contributed by atoms with E-state index in [9.17, 15) is 9.90 Å². The molecule has 3 aliphatic rings. The lowest BCUT2D eigenvalue weighted by molar-refractivity contribution is -0.148. The van der Waals surface area contributed by atoms with Crippen molar-refractivity contribution in [2.75, 3.05) is 5.32 Å². The minimum absolute atomic E-state index is 0.00308. The standard InChI is InChI=1S/C40H32ClFN8O2S/c41-30-21-43-38-34(45-30)28(22-50(38)40(25-10-4-1-5-11-25,26-12-6-2-7-13-26)27-14-8-3-9-15-27)36-47-35(29-20-44-49-53-29)32(42)37(48-36)46-33-24-18-16-23(17-19-24)31(33)39(51)52/h1-15,20-24,31,33H,16-19H2,(H,51,52)(H,46,47,48). The van der Waals surface area contributed by atoms with Crippen LogP contribution in [0, 0.1) is 23.6 Å². The lowest BCUT2D eigenvalue weighted by Gasteiger charge is -2.47. The fourth-order valence-electron chi connectivity index (χ4n) is 8.61. The molecule has 53 heavy (non-hydrogen) atoms. The van der Waals surface area contributed by atoms with Gasteiger partial charge in [-0.1, -0.05) is 107 Å². The molecule has 0 saturated heterocycles. The molecule has 3 fully saturated rings. The van der Waals surface area contributed by atoms with E-state index >= 15 is 4.39 Å². The monoisotopic (exact) mass is 742 g/mol. The molecule has 4 aromatic heterocycles. The van der Waals surface area contributed by atoms with E-state index in [1.807, 2.05) is 60.8 Å². The van der Waals surface area contributed by atoms with Crippen molar-refractivity contribution in [3.8, 4) is 22.0 Å². The zero-order valence-electron chi connectivity index (χ0n) is 28.2. The van der Waals surface area contributed by atoms with Crippen molar-refractivity contribution >= 4 is 46.1 Å². The Morgan fingerprint density at radius 2 is 1.45 bits per heavy atom. The molecule has 0 aliphatic heterocycles. The third-order valence-corrected chi connectivity index (χ3v) is 11.7. The highest BCUT2D eigenvalue weighted by Crippen LogP contribution is 2.48. The van der Waals surface area contributed by atoms with Gasteiger partial charge in [-0.05, 0) is 65.7 Å². The normalized spacial score (nSPS) is 19.7. The molecular weight excluding hydrogens is 711 g/mol. The number of nitrogens with zero attached hydrogens (tertiary/aromatic N) is 7. The van der Waals surface area contributed by atoms with Gasteiger partial charge in [0.25, 0.3) is 0 Å². The summed E-state index contributed by atoms with van der Waals surface area (Å²) in [6.07, 6.45) is 8.31. The van der Waals surface area contributed by atoms with Crippen molar-refractivity contribution in [1.82, 2.24) is 34.1 Å². The number of hydrogen-bond acceptors (Lipinski definition) is 9. The summed E-state index contributed by atoms with van der Waals surface area (Å²) in [6.45, 7) is 0. The van der Waals surface area contributed by atoms with E-state index in [0.717, 1.165) is 53.9 Å². The van der Waals surface area contributed by atoms with Crippen molar-refractivity contribution in [3.05, 3.63) is 137 Å². The Morgan fingerprint density at radius 3 is 2.02 bits per heavy atom. The maximum absolute atomic E-state index is 16.7. The Labute approximate surface area is 312 Å². The van der Waals surface area contributed by atoms with Crippen LogP contribution in [0.3, 0.4) is 0 Å². The van der Waals surface area contributed by atoms with Crippen LogP contribution in [-0.4, -0.2) is 51.2 Å². The number of benzene rings is 3. The van der Waals surface area contributed by atoms with Gasteiger partial charge in [0.15, 0.2) is 23.1 Å². The first-order valence-corrected chi connectivity index (χ1v) is 18.6. The molecule has 0 radical (unpaired) electrons. The van der Waals surface area contributed by atoms with E-state index in [2.05, 4.69) is 55.9 Å². The highest BCUT2D eigenvalue weighted by molar-refractivity contribution is 7.09. The minimum atomic E-state index is -0.968. The number of carbonyl (C=O) groups is 1. The van der Waals surface area contributed by atoms with Crippen molar-refractivity contribution in [3.63, 3.8) is 0 Å². The van der Waals surface area contributed by atoms with E-state index in [4.69, 9.17) is 31.5 Å². The molecule has 3 saturated carbocycles. The number of hydrogen-bond donors (Lipinski definition) is 2. The highest BCUT2D eigenvalue weighted by Gasteiger charge is 2.48. The quantitative estimate of drug-likeness (QED) is 0.140. The molecule has 4 heterocycles. The summed E-state index contributed by atoms with van der Waals surface area (Å²) < 4.78 is 22.7. The van der Waals surface area contributed by atoms with Gasteiger partial charge >= 0.3 is 5.97 Å². The molecule has 10 rings (SSSR count). The number of aliphatic carboxylic acids is 1. The zero-order chi connectivity index (χ0) is 36.1. The number of halogens is 2. The van der Waals surface area contributed by atoms with E-state index in [-0.39, 0.29) is 34.3 Å². The van der Waals surface area contributed by atoms with E-state index in [0.29, 0.717) is 21.6 Å². The van der Waals surface area contributed by atoms with Crippen LogP contribution in [0.25, 0.3) is 33.1 Å². The van der Waals surface area contributed by atoms with Crippen molar-refractivity contribution in [2.24, 2.45) is 17.8 Å². The second-order valence-electron chi connectivity index (χ2n) is 13.6. The van der Waals surface area contributed by atoms with Gasteiger partial charge in [0.1, 0.15) is 21.9 Å². The molecule has 3 aliphatic carbocycles. The summed E-state index contributed by atoms with van der Waals surface area (Å²) in [4.78, 5) is 32.3. The molecule has 7 aromatic rings. The Bertz CT molecular complexity index is 2330. The topological polar surface area (TPSA) is 132 Å². The van der Waals surface area contributed by atoms with Crippen LogP contribution < -0.4 is 5.32 Å². The molecule has 0 spiro atoms. The van der Waals surface area contributed by atoms with Gasteiger partial charge in [-0.25, -0.2) is 24.3 Å². The first-order valence-electron chi connectivity index (χ1n) is 17.5. The predicted octanol–water partition coefficient (Wildman–Crippen LogP) is 8.34. The third-order valence-electron chi connectivity index (χ3n) is 10.9. The van der Waals surface area contributed by atoms with Gasteiger partial charge in [0, 0.05) is 12.2 Å². The van der Waals surface area contributed by atoms with Crippen molar-refractivity contribution < 1.29 is 14.3 Å². The number of anilines is 1. The molecule has 2 unspecified atom stereocenters. The summed E-state index contributed by atoms with van der Waals surface area (Å²) in [5, 5.41) is 17.7. The number of carboxylic acid groups (broad SMARTS) is 1. The average Bonchev–Trinajstić information content (AvgIpc) is 3.87. The lowest BCUT2D eigenvalue weighted by atomic mass is 9.61. The van der Waals surface area contributed by atoms with Gasteiger partial charge in [-0.15, -0.1) is 5.10 Å². The Kier molecular flexibility index (Phi) is 8.43. The molecule has 2 N–H and O–H groups in total. The maximum Gasteiger partial charge on any atom is 0.308 e. The van der Waals surface area contributed by atoms with Crippen LogP contribution in [0.5, 0.6) is 0 Å². The van der Waals surface area contributed by atoms with Gasteiger partial charge in [0.2, 0.25) is 0 Å². The second-order valence-corrected chi connectivity index (χ2v) is 14.8. The smallest absolute Gasteiger partial charge is 0.308 e. The molecular formula is C40H32ClFN8O2S. The molecule has 0 amide bonds. The number of nitrogens with one attached hydrogen (secondary N) is 1. The van der Waals surface area contributed by atoms with Crippen LogP contribution in [0.2, 0.25) is 5.15 Å². The van der Waals surface area contributed by atoms with E-state index in [1.165, 1.54) is 12.4 Å². The first kappa shape index (κ1) is 33.3. The van der Waals surface area contributed by atoms with Crippen molar-refractivity contribution in [2.45, 2.75) is 37.3 Å². The average molecular weight is 743 g/mol. The van der Waals surface area contributed by atoms with E-state index < -0.39 is 29.3 Å². The largest absolute Gasteiger partial charge is 0.481 e. The van der Waals surface area contributed by atoms with Crippen molar-refractivity contribution in [1.29, 1.82) is 0 Å². The highest BCUT2D eigenvalue weighted by atomic mass is 35.5. The SMILES string of the molecule is O=C(O)C1C2CCC(CC2)C1Nc1nc(-c2cn(C(c3ccccc3)(c3ccccc3)c3ccccc3)c3ncc(Cl)nc23)nc(-c2cnns2)c1F. The van der Waals surface area contributed by atoms with Gasteiger partial charge < -0.3 is 15.0 Å². The lowest BCUT2D eigenvalue weighted by Crippen LogP contribution is -2.51. The van der Waals surface area contributed by atoms with Crippen LogP contribution in [0.15, 0.2) is 110 Å². The number of aromatic nitrogens is 7. The molecule has 3 aromatic carbocycles. The fraction of sp³-hybridized carbons (Fsp3) is 0.225. The van der Waals surface area contributed by atoms with Gasteiger partial charge in [-0.3, -0.25) is 4.79 Å². The van der Waals surface area contributed by atoms with E-state index in [1.54, 1.807) is 0 Å². The summed E-state index contributed by atoms with van der Waals surface area (Å²) in [5.74, 6) is -2.09.